The molecule has 0 N–H and O–H groups in total. The number of hydrogen-bond acceptors (Lipinski definition) is 0. The van der Waals surface area contributed by atoms with Crippen molar-refractivity contribution in [3.63, 3.8) is 0 Å². The van der Waals surface area contributed by atoms with Gasteiger partial charge in [-0.05, 0) is 0 Å². The second kappa shape index (κ2) is 6.02. The van der Waals surface area contributed by atoms with E-state index < -0.39 is 17.3 Å². The Kier molecular flexibility index (Phi) is 4.13. The maximum atomic E-state index is 7.33. The third kappa shape index (κ3) is 2.50. The summed E-state index contributed by atoms with van der Waals surface area (Å²) in [7, 11) is 7.33. The predicted octanol–water partition coefficient (Wildman–Crippen LogP) is 2.89. The summed E-state index contributed by atoms with van der Waals surface area (Å²) < 4.78 is 3.88. The number of hydrogen-bond donors (Lipinski definition) is 0. The Morgan fingerprint density at radius 3 is 0.950 bits per heavy atom. The van der Waals surface area contributed by atoms with Gasteiger partial charge in [-0.1, -0.05) is 0 Å². The van der Waals surface area contributed by atoms with Crippen molar-refractivity contribution in [2.24, 2.45) is 0 Å². The normalized spacial score (nSPS) is 11.2. The summed E-state index contributed by atoms with van der Waals surface area (Å²) in [6, 6.07) is 31.6. The molecule has 2 heteroatoms. The van der Waals surface area contributed by atoms with Gasteiger partial charge in [0.1, 0.15) is 0 Å². The van der Waals surface area contributed by atoms with Crippen molar-refractivity contribution in [2.45, 2.75) is 0 Å². The van der Waals surface area contributed by atoms with Crippen LogP contribution in [0.2, 0.25) is 0 Å². The van der Waals surface area contributed by atoms with E-state index in [1.165, 1.54) is 10.7 Å². The molecular weight excluding hydrogens is 370 g/mol. The molecule has 0 nitrogen and oxygen atoms in total. The van der Waals surface area contributed by atoms with Crippen LogP contribution in [0.3, 0.4) is 0 Å². The van der Waals surface area contributed by atoms with Gasteiger partial charge in [0, 0.05) is 0 Å². The van der Waals surface area contributed by atoms with Gasteiger partial charge >= 0.3 is 128 Å². The maximum absolute atomic E-state index is 7.33. The van der Waals surface area contributed by atoms with Gasteiger partial charge in [0.2, 0.25) is 0 Å². The standard InChI is InChI=1S/3C6H5.ClH.Sn/c3*1-2-4-6-5-3-1;;/h3*1-5H;1H;/q;;;;+1/p-1. The van der Waals surface area contributed by atoms with Gasteiger partial charge in [-0.3, -0.25) is 0 Å². The second-order valence-corrected chi connectivity index (χ2v) is 17.3. The minimum absolute atomic E-state index is 1.29. The van der Waals surface area contributed by atoms with Crippen LogP contribution in [0.15, 0.2) is 91.0 Å². The molecule has 3 aromatic carbocycles. The van der Waals surface area contributed by atoms with E-state index >= 15 is 0 Å². The van der Waals surface area contributed by atoms with E-state index in [0.717, 1.165) is 0 Å². The van der Waals surface area contributed by atoms with E-state index in [0.29, 0.717) is 0 Å². The first-order chi connectivity index (χ1) is 9.82. The van der Waals surface area contributed by atoms with Crippen molar-refractivity contribution in [3.8, 4) is 0 Å². The summed E-state index contributed by atoms with van der Waals surface area (Å²) >= 11 is -3.30. The summed E-state index contributed by atoms with van der Waals surface area (Å²) in [6.07, 6.45) is 0. The van der Waals surface area contributed by atoms with Gasteiger partial charge < -0.3 is 0 Å². The van der Waals surface area contributed by atoms with E-state index in [2.05, 4.69) is 72.8 Å². The Labute approximate surface area is 127 Å². The Bertz CT molecular complexity index is 569. The van der Waals surface area contributed by atoms with Gasteiger partial charge in [0.05, 0.1) is 0 Å². The van der Waals surface area contributed by atoms with Gasteiger partial charge in [-0.25, -0.2) is 0 Å². The van der Waals surface area contributed by atoms with Crippen LogP contribution in [-0.2, 0) is 0 Å². The monoisotopic (exact) mass is 386 g/mol. The molecule has 3 rings (SSSR count). The van der Waals surface area contributed by atoms with Crippen LogP contribution in [-0.4, -0.2) is 17.3 Å². The molecule has 0 amide bonds. The van der Waals surface area contributed by atoms with Crippen LogP contribution >= 0.6 is 8.92 Å². The molecule has 20 heavy (non-hydrogen) atoms. The van der Waals surface area contributed by atoms with Crippen molar-refractivity contribution in [1.82, 2.24) is 0 Å². The third-order valence-corrected chi connectivity index (χ3v) is 17.6. The van der Waals surface area contributed by atoms with Gasteiger partial charge in [0.25, 0.3) is 0 Å². The molecule has 0 saturated heterocycles. The Morgan fingerprint density at radius 1 is 0.450 bits per heavy atom. The van der Waals surface area contributed by atoms with E-state index in [9.17, 15) is 0 Å². The van der Waals surface area contributed by atoms with E-state index in [-0.39, 0.29) is 0 Å². The zero-order valence-electron chi connectivity index (χ0n) is 11.0. The first kappa shape index (κ1) is 13.7. The fourth-order valence-electron chi connectivity index (χ4n) is 2.50. The van der Waals surface area contributed by atoms with Crippen molar-refractivity contribution >= 4 is 36.9 Å². The van der Waals surface area contributed by atoms with Gasteiger partial charge in [-0.15, -0.1) is 0 Å². The van der Waals surface area contributed by atoms with Crippen molar-refractivity contribution in [3.05, 3.63) is 91.0 Å². The van der Waals surface area contributed by atoms with Crippen molar-refractivity contribution < 1.29 is 0 Å². The van der Waals surface area contributed by atoms with Crippen LogP contribution < -0.4 is 10.7 Å². The quantitative estimate of drug-likeness (QED) is 0.609. The molecule has 0 radical (unpaired) electrons. The Hall–Kier alpha value is -1.25. The van der Waals surface area contributed by atoms with E-state index in [1.54, 1.807) is 0 Å². The van der Waals surface area contributed by atoms with Crippen molar-refractivity contribution in [1.29, 1.82) is 0 Å². The van der Waals surface area contributed by atoms with Gasteiger partial charge in [-0.2, -0.15) is 0 Å². The summed E-state index contributed by atoms with van der Waals surface area (Å²) in [6.45, 7) is 0. The fraction of sp³-hybridized carbons (Fsp3) is 0. The molecule has 0 aromatic heterocycles. The van der Waals surface area contributed by atoms with Crippen LogP contribution in [0, 0.1) is 0 Å². The zero-order valence-corrected chi connectivity index (χ0v) is 14.6. The van der Waals surface area contributed by atoms with E-state index in [1.807, 2.05) is 18.2 Å². The first-order valence-corrected chi connectivity index (χ1v) is 14.6. The summed E-state index contributed by atoms with van der Waals surface area (Å²) in [5, 5.41) is 0. The van der Waals surface area contributed by atoms with Crippen molar-refractivity contribution in [2.75, 3.05) is 0 Å². The van der Waals surface area contributed by atoms with Gasteiger partial charge in [0.15, 0.2) is 0 Å². The predicted molar refractivity (Wildman–Crippen MR) is 89.8 cm³/mol. The molecule has 0 saturated carbocycles. The fourth-order valence-corrected chi connectivity index (χ4v) is 13.5. The number of rotatable bonds is 3. The van der Waals surface area contributed by atoms with Crippen LogP contribution in [0.4, 0.5) is 0 Å². The molecule has 3 aromatic rings. The van der Waals surface area contributed by atoms with Crippen LogP contribution in [0.25, 0.3) is 0 Å². The molecular formula is C18H15ClSn. The Morgan fingerprint density at radius 2 is 0.700 bits per heavy atom. The second-order valence-electron chi connectivity index (χ2n) is 4.76. The SMILES string of the molecule is [Cl][Sn]([c]1ccccc1)([c]1ccccc1)[c]1ccccc1. The molecule has 0 bridgehead atoms. The van der Waals surface area contributed by atoms with Crippen LogP contribution in [0.1, 0.15) is 0 Å². The molecule has 0 unspecified atom stereocenters. The topological polar surface area (TPSA) is 0 Å². The summed E-state index contributed by atoms with van der Waals surface area (Å²) in [5.74, 6) is 0. The third-order valence-electron chi connectivity index (χ3n) is 3.51. The zero-order chi connectivity index (χ0) is 13.8. The number of benzene rings is 3. The first-order valence-electron chi connectivity index (χ1n) is 6.67. The molecule has 0 atom stereocenters. The molecule has 0 aliphatic heterocycles. The molecule has 0 spiro atoms. The summed E-state index contributed by atoms with van der Waals surface area (Å²) in [4.78, 5) is 0. The minimum atomic E-state index is -3.30. The molecule has 0 aliphatic rings. The molecule has 98 valence electrons. The van der Waals surface area contributed by atoms with Crippen LogP contribution in [0.5, 0.6) is 0 Å². The van der Waals surface area contributed by atoms with E-state index in [4.69, 9.17) is 8.92 Å². The molecule has 0 heterocycles. The summed E-state index contributed by atoms with van der Waals surface area (Å²) in [5.41, 5.74) is 0. The molecule has 0 aliphatic carbocycles. The average Bonchev–Trinajstić information content (AvgIpc) is 2.56. The number of halogens is 1. The average molecular weight is 385 g/mol. The molecule has 0 fully saturated rings. The Balaban J connectivity index is 2.24.